The molecule has 2 nitrogen and oxygen atoms in total. The van der Waals surface area contributed by atoms with Crippen LogP contribution in [0.15, 0.2) is 18.2 Å². The summed E-state index contributed by atoms with van der Waals surface area (Å²) in [5.41, 5.74) is 4.61. The second kappa shape index (κ2) is 5.87. The highest BCUT2D eigenvalue weighted by molar-refractivity contribution is 5.35. The van der Waals surface area contributed by atoms with E-state index in [0.717, 1.165) is 13.2 Å². The molecular weight excluding hydrogens is 246 g/mol. The van der Waals surface area contributed by atoms with Gasteiger partial charge in [0.25, 0.3) is 0 Å². The molecule has 1 heterocycles. The summed E-state index contributed by atoms with van der Waals surface area (Å²) in [4.78, 5) is 0. The van der Waals surface area contributed by atoms with Gasteiger partial charge in [0, 0.05) is 19.2 Å². The van der Waals surface area contributed by atoms with Crippen LogP contribution in [0.2, 0.25) is 0 Å². The van der Waals surface area contributed by atoms with E-state index in [9.17, 15) is 0 Å². The van der Waals surface area contributed by atoms with Gasteiger partial charge in [-0.3, -0.25) is 0 Å². The van der Waals surface area contributed by atoms with Crippen molar-refractivity contribution in [2.24, 2.45) is 0 Å². The highest BCUT2D eigenvalue weighted by Gasteiger charge is 2.29. The van der Waals surface area contributed by atoms with E-state index in [1.165, 1.54) is 44.1 Å². The summed E-state index contributed by atoms with van der Waals surface area (Å²) in [5.74, 6) is 0. The van der Waals surface area contributed by atoms with Crippen molar-refractivity contribution in [2.45, 2.75) is 64.0 Å². The number of hydrogen-bond donors (Lipinski definition) is 1. The molecule has 110 valence electrons. The van der Waals surface area contributed by atoms with Crippen molar-refractivity contribution in [1.82, 2.24) is 5.32 Å². The lowest BCUT2D eigenvalue weighted by atomic mass is 9.89. The highest BCUT2D eigenvalue weighted by atomic mass is 16.5. The molecule has 3 rings (SSSR count). The molecule has 0 amide bonds. The Kier molecular flexibility index (Phi) is 4.13. The largest absolute Gasteiger partial charge is 0.374 e. The van der Waals surface area contributed by atoms with Crippen LogP contribution in [0.1, 0.15) is 62.3 Å². The lowest BCUT2D eigenvalue weighted by Crippen LogP contribution is -2.38. The van der Waals surface area contributed by atoms with Gasteiger partial charge < -0.3 is 10.1 Å². The zero-order valence-corrected chi connectivity index (χ0v) is 12.9. The zero-order chi connectivity index (χ0) is 14.0. The molecule has 0 aromatic heterocycles. The Labute approximate surface area is 122 Å². The van der Waals surface area contributed by atoms with E-state index in [2.05, 4.69) is 37.4 Å². The third kappa shape index (κ3) is 3.07. The van der Waals surface area contributed by atoms with Crippen molar-refractivity contribution in [1.29, 1.82) is 0 Å². The maximum absolute atomic E-state index is 5.85. The number of rotatable bonds is 4. The molecule has 1 aromatic carbocycles. The Morgan fingerprint density at radius 1 is 1.20 bits per heavy atom. The van der Waals surface area contributed by atoms with E-state index >= 15 is 0 Å². The summed E-state index contributed by atoms with van der Waals surface area (Å²) in [6.45, 7) is 6.37. The van der Waals surface area contributed by atoms with E-state index < -0.39 is 0 Å². The van der Waals surface area contributed by atoms with Gasteiger partial charge in [-0.1, -0.05) is 18.2 Å². The zero-order valence-electron chi connectivity index (χ0n) is 12.9. The summed E-state index contributed by atoms with van der Waals surface area (Å²) in [6, 6.07) is 7.47. The van der Waals surface area contributed by atoms with Crippen LogP contribution in [-0.4, -0.2) is 18.8 Å². The van der Waals surface area contributed by atoms with Gasteiger partial charge in [0.15, 0.2) is 0 Å². The Hall–Kier alpha value is -0.860. The molecule has 1 aromatic rings. The molecule has 1 aliphatic carbocycles. The van der Waals surface area contributed by atoms with Crippen molar-refractivity contribution in [3.05, 3.63) is 34.9 Å². The van der Waals surface area contributed by atoms with E-state index in [1.807, 2.05) is 0 Å². The monoisotopic (exact) mass is 273 g/mol. The molecule has 0 spiro atoms. The molecular formula is C18H27NO. The Morgan fingerprint density at radius 3 is 2.75 bits per heavy atom. The molecule has 20 heavy (non-hydrogen) atoms. The molecule has 2 heteroatoms. The van der Waals surface area contributed by atoms with E-state index in [4.69, 9.17) is 4.74 Å². The maximum Gasteiger partial charge on any atom is 0.0779 e. The highest BCUT2D eigenvalue weighted by Crippen LogP contribution is 2.27. The molecule has 0 radical (unpaired) electrons. The summed E-state index contributed by atoms with van der Waals surface area (Å²) in [7, 11) is 0. The number of benzene rings is 1. The van der Waals surface area contributed by atoms with Crippen LogP contribution in [0, 0.1) is 0 Å². The second-order valence-corrected chi connectivity index (χ2v) is 6.74. The predicted molar refractivity (Wildman–Crippen MR) is 83.1 cm³/mol. The summed E-state index contributed by atoms with van der Waals surface area (Å²) >= 11 is 0. The molecule has 1 fully saturated rings. The van der Waals surface area contributed by atoms with Gasteiger partial charge in [0.2, 0.25) is 0 Å². The molecule has 1 N–H and O–H groups in total. The minimum absolute atomic E-state index is 0.0441. The van der Waals surface area contributed by atoms with Gasteiger partial charge in [-0.05, 0) is 69.1 Å². The number of ether oxygens (including phenoxy) is 1. The van der Waals surface area contributed by atoms with Gasteiger partial charge >= 0.3 is 0 Å². The first-order valence-electron chi connectivity index (χ1n) is 8.15. The van der Waals surface area contributed by atoms with Crippen LogP contribution < -0.4 is 5.32 Å². The third-order valence-electron chi connectivity index (χ3n) is 4.96. The van der Waals surface area contributed by atoms with Crippen LogP contribution in [0.5, 0.6) is 0 Å². The van der Waals surface area contributed by atoms with E-state index in [1.54, 1.807) is 11.1 Å². The first-order valence-corrected chi connectivity index (χ1v) is 8.15. The quantitative estimate of drug-likeness (QED) is 0.901. The lowest BCUT2D eigenvalue weighted by molar-refractivity contribution is 0.0191. The van der Waals surface area contributed by atoms with Gasteiger partial charge in [-0.15, -0.1) is 0 Å². The van der Waals surface area contributed by atoms with Crippen molar-refractivity contribution in [3.63, 3.8) is 0 Å². The van der Waals surface area contributed by atoms with Crippen LogP contribution in [0.3, 0.4) is 0 Å². The van der Waals surface area contributed by atoms with Crippen LogP contribution in [-0.2, 0) is 17.6 Å². The molecule has 0 bridgehead atoms. The average Bonchev–Trinajstić information content (AvgIpc) is 2.91. The Morgan fingerprint density at radius 2 is 2.00 bits per heavy atom. The molecule has 2 atom stereocenters. The van der Waals surface area contributed by atoms with Gasteiger partial charge in [0.05, 0.1) is 5.60 Å². The number of fused-ring (bicyclic) bond motifs is 1. The average molecular weight is 273 g/mol. The molecule has 0 saturated carbocycles. The van der Waals surface area contributed by atoms with Gasteiger partial charge in [-0.2, -0.15) is 0 Å². The fourth-order valence-electron chi connectivity index (χ4n) is 3.49. The molecule has 2 aliphatic rings. The number of hydrogen-bond acceptors (Lipinski definition) is 2. The normalized spacial score (nSPS) is 27.3. The fourth-order valence-corrected chi connectivity index (χ4v) is 3.49. The summed E-state index contributed by atoms with van der Waals surface area (Å²) in [5, 5.41) is 3.66. The van der Waals surface area contributed by atoms with E-state index in [0.29, 0.717) is 6.04 Å². The van der Waals surface area contributed by atoms with Crippen LogP contribution >= 0.6 is 0 Å². The van der Waals surface area contributed by atoms with Crippen LogP contribution in [0.25, 0.3) is 0 Å². The summed E-state index contributed by atoms with van der Waals surface area (Å²) < 4.78 is 5.85. The SMILES string of the molecule is CC(NCC1(C)CCCO1)c1ccc2c(c1)CCCC2. The number of aryl methyl sites for hydroxylation is 2. The van der Waals surface area contributed by atoms with Gasteiger partial charge in [0.1, 0.15) is 0 Å². The molecule has 2 unspecified atom stereocenters. The second-order valence-electron chi connectivity index (χ2n) is 6.74. The summed E-state index contributed by atoms with van der Waals surface area (Å²) in [6.07, 6.45) is 7.61. The van der Waals surface area contributed by atoms with Crippen molar-refractivity contribution < 1.29 is 4.74 Å². The van der Waals surface area contributed by atoms with E-state index in [-0.39, 0.29) is 5.60 Å². The minimum Gasteiger partial charge on any atom is -0.374 e. The first kappa shape index (κ1) is 14.1. The van der Waals surface area contributed by atoms with Crippen molar-refractivity contribution in [3.8, 4) is 0 Å². The third-order valence-corrected chi connectivity index (χ3v) is 4.96. The maximum atomic E-state index is 5.85. The lowest BCUT2D eigenvalue weighted by Gasteiger charge is -2.27. The fraction of sp³-hybridized carbons (Fsp3) is 0.667. The Bertz CT molecular complexity index is 462. The minimum atomic E-state index is 0.0441. The molecule has 1 saturated heterocycles. The van der Waals surface area contributed by atoms with Crippen LogP contribution in [0.4, 0.5) is 0 Å². The van der Waals surface area contributed by atoms with Gasteiger partial charge in [-0.25, -0.2) is 0 Å². The smallest absolute Gasteiger partial charge is 0.0779 e. The molecule has 1 aliphatic heterocycles. The van der Waals surface area contributed by atoms with Crippen molar-refractivity contribution in [2.75, 3.05) is 13.2 Å². The first-order chi connectivity index (χ1) is 9.66. The standard InChI is InChI=1S/C18H27NO/c1-14(19-13-18(2)10-5-11-20-18)16-9-8-15-6-3-4-7-17(15)12-16/h8-9,12,14,19H,3-7,10-11,13H2,1-2H3. The predicted octanol–water partition coefficient (Wildman–Crippen LogP) is 3.79. The number of nitrogens with one attached hydrogen (secondary N) is 1. The topological polar surface area (TPSA) is 21.3 Å². The Balaban J connectivity index is 1.63. The van der Waals surface area contributed by atoms with Crippen molar-refractivity contribution >= 4 is 0 Å².